The highest BCUT2D eigenvalue weighted by Crippen LogP contribution is 2.33. The first-order valence-electron chi connectivity index (χ1n) is 9.10. The monoisotopic (exact) mass is 423 g/mol. The Balaban J connectivity index is 1.60. The minimum atomic E-state index is -0.909. The van der Waals surface area contributed by atoms with Crippen LogP contribution in [0.5, 0.6) is 0 Å². The van der Waals surface area contributed by atoms with E-state index in [4.69, 9.17) is 10.5 Å². The van der Waals surface area contributed by atoms with Gasteiger partial charge in [-0.05, 0) is 11.6 Å². The van der Waals surface area contributed by atoms with Crippen LogP contribution in [0.25, 0.3) is 0 Å². The molecule has 1 unspecified atom stereocenters. The summed E-state index contributed by atoms with van der Waals surface area (Å²) in [5, 5.41) is 2.76. The summed E-state index contributed by atoms with van der Waals surface area (Å²) in [5.74, 6) is 2.12. The van der Waals surface area contributed by atoms with E-state index in [9.17, 15) is 14.4 Å². The van der Waals surface area contributed by atoms with E-state index < -0.39 is 11.3 Å². The van der Waals surface area contributed by atoms with Gasteiger partial charge < -0.3 is 20.7 Å². The lowest BCUT2D eigenvalue weighted by Gasteiger charge is -2.49. The second-order valence-corrected chi connectivity index (χ2v) is 9.51. The number of hydrogen-bond acceptors (Lipinski definition) is 6. The first-order valence-corrected chi connectivity index (χ1v) is 11.3. The summed E-state index contributed by atoms with van der Waals surface area (Å²) in [4.78, 5) is 39.0. The molecule has 7 nitrogen and oxygen atoms in total. The zero-order chi connectivity index (χ0) is 20.1. The Hall–Kier alpha value is -1.71. The average Bonchev–Trinajstić information content (AvgIpc) is 2.67. The number of rotatable bonds is 7. The van der Waals surface area contributed by atoms with Crippen molar-refractivity contribution in [1.82, 2.24) is 10.2 Å². The van der Waals surface area contributed by atoms with Crippen molar-refractivity contribution in [3.63, 3.8) is 0 Å². The lowest BCUT2D eigenvalue weighted by molar-refractivity contribution is -0.150. The van der Waals surface area contributed by atoms with Gasteiger partial charge in [0.25, 0.3) is 5.91 Å². The minimum absolute atomic E-state index is 0.0554. The molecule has 3 rings (SSSR count). The van der Waals surface area contributed by atoms with Gasteiger partial charge in [0.15, 0.2) is 0 Å². The van der Waals surface area contributed by atoms with Gasteiger partial charge in [-0.25, -0.2) is 0 Å². The first kappa shape index (κ1) is 21.0. The third-order valence-electron chi connectivity index (χ3n) is 5.06. The molecule has 3 N–H and O–H groups in total. The van der Waals surface area contributed by atoms with Crippen molar-refractivity contribution in [2.45, 2.75) is 11.9 Å². The molecule has 2 fully saturated rings. The van der Waals surface area contributed by atoms with Gasteiger partial charge in [-0.15, -0.1) is 11.8 Å². The molecule has 2 aliphatic heterocycles. The molecule has 28 heavy (non-hydrogen) atoms. The van der Waals surface area contributed by atoms with Crippen LogP contribution in [0.15, 0.2) is 24.3 Å². The van der Waals surface area contributed by atoms with Crippen LogP contribution in [-0.2, 0) is 20.9 Å². The number of carbonyl (C=O) groups is 3. The number of carbonyl (C=O) groups excluding carboxylic acids is 3. The van der Waals surface area contributed by atoms with Crippen LogP contribution in [-0.4, -0.2) is 71.9 Å². The van der Waals surface area contributed by atoms with Gasteiger partial charge in [-0.3, -0.25) is 14.4 Å². The zero-order valence-electron chi connectivity index (χ0n) is 15.8. The largest absolute Gasteiger partial charge is 0.380 e. The van der Waals surface area contributed by atoms with E-state index in [1.807, 2.05) is 12.1 Å². The number of nitrogens with two attached hydrogens (primary N) is 1. The highest BCUT2D eigenvalue weighted by atomic mass is 32.2. The molecule has 1 aromatic rings. The molecule has 0 aromatic heterocycles. The quantitative estimate of drug-likeness (QED) is 0.670. The Kier molecular flexibility index (Phi) is 6.90. The Morgan fingerprint density at radius 3 is 2.68 bits per heavy atom. The van der Waals surface area contributed by atoms with E-state index >= 15 is 0 Å². The lowest BCUT2D eigenvalue weighted by atomic mass is 9.78. The Labute approximate surface area is 173 Å². The van der Waals surface area contributed by atoms with Crippen molar-refractivity contribution >= 4 is 41.2 Å². The van der Waals surface area contributed by atoms with Crippen LogP contribution < -0.4 is 11.1 Å². The minimum Gasteiger partial charge on any atom is -0.380 e. The van der Waals surface area contributed by atoms with Crippen LogP contribution in [0.4, 0.5) is 0 Å². The number of thioether (sulfide) groups is 2. The molecule has 2 aliphatic rings. The molecule has 2 heterocycles. The predicted octanol–water partition coefficient (Wildman–Crippen LogP) is 0.725. The first-order chi connectivity index (χ1) is 13.5. The average molecular weight is 424 g/mol. The van der Waals surface area contributed by atoms with Crippen LogP contribution in [0, 0.1) is 5.41 Å². The van der Waals surface area contributed by atoms with E-state index in [-0.39, 0.29) is 36.7 Å². The zero-order valence-corrected chi connectivity index (χ0v) is 17.4. The molecular weight excluding hydrogens is 398 g/mol. The normalized spacial score (nSPS) is 20.9. The summed E-state index contributed by atoms with van der Waals surface area (Å²) >= 11 is 3.45. The molecular formula is C19H25N3O4S2. The van der Waals surface area contributed by atoms with Gasteiger partial charge in [-0.1, -0.05) is 18.2 Å². The van der Waals surface area contributed by atoms with Crippen LogP contribution in [0.2, 0.25) is 0 Å². The second-order valence-electron chi connectivity index (χ2n) is 7.05. The highest BCUT2D eigenvalue weighted by Gasteiger charge is 2.51. The second kappa shape index (κ2) is 9.19. The molecule has 0 aliphatic carbocycles. The summed E-state index contributed by atoms with van der Waals surface area (Å²) in [7, 11) is 1.57. The third-order valence-corrected chi connectivity index (χ3v) is 7.80. The Morgan fingerprint density at radius 2 is 2.04 bits per heavy atom. The SMILES string of the molecule is COCc1ccccc1C(=O)NCC1(C(N)=O)CN(C(=O)C2CSCCS2)C1. The summed E-state index contributed by atoms with van der Waals surface area (Å²) < 4.78 is 5.13. The van der Waals surface area contributed by atoms with Crippen LogP contribution >= 0.6 is 23.5 Å². The van der Waals surface area contributed by atoms with Gasteiger partial charge >= 0.3 is 0 Å². The summed E-state index contributed by atoms with van der Waals surface area (Å²) in [6.45, 7) is 0.939. The number of primary amides is 1. The maximum atomic E-state index is 12.6. The third kappa shape index (κ3) is 4.47. The standard InChI is InChI=1S/C19H25N3O4S2/c1-26-8-13-4-2-3-5-14(13)16(23)21-10-19(18(20)25)11-22(12-19)17(24)15-9-27-6-7-28-15/h2-5,15H,6-12H2,1H3,(H2,20,25)(H,21,23). The van der Waals surface area contributed by atoms with Crippen molar-refractivity contribution < 1.29 is 19.1 Å². The lowest BCUT2D eigenvalue weighted by Crippen LogP contribution is -2.68. The van der Waals surface area contributed by atoms with Crippen LogP contribution in [0.3, 0.4) is 0 Å². The van der Waals surface area contributed by atoms with Crippen molar-refractivity contribution in [3.8, 4) is 0 Å². The fourth-order valence-electron chi connectivity index (χ4n) is 3.40. The number of likely N-dealkylation sites (tertiary alicyclic amines) is 1. The predicted molar refractivity (Wildman–Crippen MR) is 111 cm³/mol. The summed E-state index contributed by atoms with van der Waals surface area (Å²) in [6.07, 6.45) is 0. The van der Waals surface area contributed by atoms with E-state index in [0.717, 1.165) is 22.8 Å². The van der Waals surface area contributed by atoms with Crippen molar-refractivity contribution in [3.05, 3.63) is 35.4 Å². The molecule has 2 saturated heterocycles. The summed E-state index contributed by atoms with van der Waals surface area (Å²) in [5.41, 5.74) is 5.99. The van der Waals surface area contributed by atoms with Gasteiger partial charge in [-0.2, -0.15) is 11.8 Å². The maximum Gasteiger partial charge on any atom is 0.251 e. The van der Waals surface area contributed by atoms with E-state index in [1.54, 1.807) is 47.7 Å². The topological polar surface area (TPSA) is 102 Å². The number of amides is 3. The number of nitrogens with one attached hydrogen (secondary N) is 1. The van der Waals surface area contributed by atoms with Crippen molar-refractivity contribution in [2.75, 3.05) is 44.0 Å². The molecule has 0 spiro atoms. The van der Waals surface area contributed by atoms with Crippen molar-refractivity contribution in [1.29, 1.82) is 0 Å². The summed E-state index contributed by atoms with van der Waals surface area (Å²) in [6, 6.07) is 7.16. The van der Waals surface area contributed by atoms with Gasteiger partial charge in [0, 0.05) is 49.6 Å². The fraction of sp³-hybridized carbons (Fsp3) is 0.526. The Bertz CT molecular complexity index is 746. The Morgan fingerprint density at radius 1 is 1.29 bits per heavy atom. The molecule has 0 radical (unpaired) electrons. The van der Waals surface area contributed by atoms with E-state index in [0.29, 0.717) is 12.2 Å². The van der Waals surface area contributed by atoms with E-state index in [2.05, 4.69) is 5.32 Å². The smallest absolute Gasteiger partial charge is 0.251 e. The molecule has 3 amide bonds. The molecule has 9 heteroatoms. The molecule has 1 atom stereocenters. The van der Waals surface area contributed by atoms with Crippen molar-refractivity contribution in [2.24, 2.45) is 11.1 Å². The van der Waals surface area contributed by atoms with Gasteiger partial charge in [0.1, 0.15) is 5.41 Å². The fourth-order valence-corrected chi connectivity index (χ4v) is 6.03. The molecule has 0 saturated carbocycles. The maximum absolute atomic E-state index is 12.6. The number of methoxy groups -OCH3 is 1. The highest BCUT2D eigenvalue weighted by molar-refractivity contribution is 8.07. The number of benzene rings is 1. The van der Waals surface area contributed by atoms with Crippen LogP contribution in [0.1, 0.15) is 15.9 Å². The number of nitrogens with zero attached hydrogens (tertiary/aromatic N) is 1. The number of ether oxygens (including phenoxy) is 1. The number of hydrogen-bond donors (Lipinski definition) is 2. The molecule has 0 bridgehead atoms. The molecule has 1 aromatic carbocycles. The van der Waals surface area contributed by atoms with E-state index in [1.165, 1.54) is 0 Å². The van der Waals surface area contributed by atoms with Gasteiger partial charge in [0.2, 0.25) is 11.8 Å². The molecule has 152 valence electrons. The van der Waals surface area contributed by atoms with Gasteiger partial charge in [0.05, 0.1) is 11.9 Å².